The highest BCUT2D eigenvalue weighted by atomic mass is 32.2. The van der Waals surface area contributed by atoms with Crippen molar-refractivity contribution in [3.05, 3.63) is 71.2 Å². The van der Waals surface area contributed by atoms with E-state index in [1.54, 1.807) is 0 Å². The van der Waals surface area contributed by atoms with E-state index in [9.17, 15) is 35.9 Å². The lowest BCUT2D eigenvalue weighted by Gasteiger charge is -2.38. The fourth-order valence-electron chi connectivity index (χ4n) is 4.11. The van der Waals surface area contributed by atoms with Gasteiger partial charge in [0, 0.05) is 6.42 Å². The molecule has 1 unspecified atom stereocenters. The van der Waals surface area contributed by atoms with E-state index in [1.165, 1.54) is 6.07 Å². The molecule has 0 spiro atoms. The second-order valence-corrected chi connectivity index (χ2v) is 10.5. The van der Waals surface area contributed by atoms with Gasteiger partial charge in [0.1, 0.15) is 12.2 Å². The van der Waals surface area contributed by atoms with Crippen molar-refractivity contribution in [1.82, 2.24) is 10.2 Å². The number of aryl methyl sites for hydroxylation is 1. The van der Waals surface area contributed by atoms with Gasteiger partial charge >= 0.3 is 12.1 Å². The Kier molecular flexibility index (Phi) is 6.75. The number of sulfonamides is 1. The van der Waals surface area contributed by atoms with Crippen molar-refractivity contribution in [2.75, 3.05) is 4.31 Å². The van der Waals surface area contributed by atoms with Gasteiger partial charge < -0.3 is 14.6 Å². The monoisotopic (exact) mass is 543 g/mol. The molecule has 0 saturated carbocycles. The molecule has 198 valence electrons. The van der Waals surface area contributed by atoms with Gasteiger partial charge in [-0.05, 0) is 61.2 Å². The number of aromatic nitrogens is 2. The second-order valence-electron chi connectivity index (χ2n) is 8.72. The third-order valence-electron chi connectivity index (χ3n) is 6.10. The number of halogens is 4. The predicted octanol–water partition coefficient (Wildman–Crippen LogP) is 3.36. The molecule has 9 nitrogen and oxygen atoms in total. The SMILES string of the molecule is CC(O)(c1ccc2c(c1)CC[C@@H](Cc1nnc(CC(=O)O)o1)N2S(=O)(=O)c1ccc(F)cc1)C(F)(F)F. The first-order chi connectivity index (χ1) is 17.2. The summed E-state index contributed by atoms with van der Waals surface area (Å²) >= 11 is 0. The van der Waals surface area contributed by atoms with Gasteiger partial charge in [0.05, 0.1) is 16.6 Å². The van der Waals surface area contributed by atoms with Gasteiger partial charge in [-0.3, -0.25) is 9.10 Å². The summed E-state index contributed by atoms with van der Waals surface area (Å²) in [7, 11) is -4.35. The Balaban J connectivity index is 1.78. The smallest absolute Gasteiger partial charge is 0.421 e. The number of rotatable bonds is 7. The third-order valence-corrected chi connectivity index (χ3v) is 7.98. The van der Waals surface area contributed by atoms with E-state index in [2.05, 4.69) is 10.2 Å². The van der Waals surface area contributed by atoms with Crippen molar-refractivity contribution >= 4 is 21.7 Å². The van der Waals surface area contributed by atoms with E-state index in [0.717, 1.165) is 40.7 Å². The number of anilines is 1. The van der Waals surface area contributed by atoms with Gasteiger partial charge in [-0.25, -0.2) is 12.8 Å². The summed E-state index contributed by atoms with van der Waals surface area (Å²) in [5.74, 6) is -2.07. The predicted molar refractivity (Wildman–Crippen MR) is 120 cm³/mol. The number of benzene rings is 2. The molecule has 0 amide bonds. The molecule has 37 heavy (non-hydrogen) atoms. The molecule has 4 rings (SSSR count). The van der Waals surface area contributed by atoms with Crippen LogP contribution >= 0.6 is 0 Å². The first-order valence-corrected chi connectivity index (χ1v) is 12.4. The summed E-state index contributed by atoms with van der Waals surface area (Å²) in [6, 6.07) is 6.52. The van der Waals surface area contributed by atoms with Crippen molar-refractivity contribution in [3.8, 4) is 0 Å². The molecule has 14 heteroatoms. The van der Waals surface area contributed by atoms with E-state index in [4.69, 9.17) is 9.52 Å². The van der Waals surface area contributed by atoms with Gasteiger partial charge in [0.25, 0.3) is 10.0 Å². The molecule has 2 heterocycles. The molecule has 2 N–H and O–H groups in total. The van der Waals surface area contributed by atoms with Crippen molar-refractivity contribution in [2.24, 2.45) is 0 Å². The van der Waals surface area contributed by atoms with Crippen molar-refractivity contribution < 1.29 is 45.4 Å². The van der Waals surface area contributed by atoms with Crippen LogP contribution in [-0.4, -0.2) is 47.0 Å². The average Bonchev–Trinajstić information content (AvgIpc) is 3.23. The molecule has 1 aliphatic heterocycles. The molecule has 0 bridgehead atoms. The van der Waals surface area contributed by atoms with Gasteiger partial charge in [-0.1, -0.05) is 12.1 Å². The van der Waals surface area contributed by atoms with Crippen molar-refractivity contribution in [3.63, 3.8) is 0 Å². The maximum atomic E-state index is 13.7. The lowest BCUT2D eigenvalue weighted by atomic mass is 9.89. The van der Waals surface area contributed by atoms with Crippen LogP contribution in [0.1, 0.15) is 36.3 Å². The van der Waals surface area contributed by atoms with Crippen LogP contribution in [-0.2, 0) is 39.7 Å². The van der Waals surface area contributed by atoms with E-state index in [1.807, 2.05) is 0 Å². The Morgan fingerprint density at radius 1 is 1.14 bits per heavy atom. The molecule has 2 aromatic carbocycles. The minimum Gasteiger partial charge on any atom is -0.481 e. The highest BCUT2D eigenvalue weighted by Crippen LogP contribution is 2.42. The number of alkyl halides is 3. The van der Waals surface area contributed by atoms with Crippen LogP contribution in [0.5, 0.6) is 0 Å². The maximum Gasteiger partial charge on any atom is 0.421 e. The zero-order chi connectivity index (χ0) is 27.2. The Labute approximate surface area is 208 Å². The number of hydrogen-bond donors (Lipinski definition) is 2. The number of aliphatic carboxylic acids is 1. The zero-order valence-corrected chi connectivity index (χ0v) is 20.1. The van der Waals surface area contributed by atoms with Crippen LogP contribution in [0.2, 0.25) is 0 Å². The van der Waals surface area contributed by atoms with E-state index in [0.29, 0.717) is 6.92 Å². The molecule has 3 aromatic rings. The van der Waals surface area contributed by atoms with Crippen LogP contribution in [0.4, 0.5) is 23.2 Å². The van der Waals surface area contributed by atoms with Crippen LogP contribution in [0.25, 0.3) is 0 Å². The number of fused-ring (bicyclic) bond motifs is 1. The summed E-state index contributed by atoms with van der Waals surface area (Å²) in [4.78, 5) is 10.6. The molecular weight excluding hydrogens is 522 g/mol. The van der Waals surface area contributed by atoms with Gasteiger partial charge in [-0.2, -0.15) is 13.2 Å². The lowest BCUT2D eigenvalue weighted by Crippen LogP contribution is -2.45. The topological polar surface area (TPSA) is 134 Å². The summed E-state index contributed by atoms with van der Waals surface area (Å²) in [5, 5.41) is 26.4. The molecule has 2 atom stereocenters. The number of nitrogens with zero attached hydrogens (tertiary/aromatic N) is 3. The summed E-state index contributed by atoms with van der Waals surface area (Å²) < 4.78 is 87.4. The van der Waals surface area contributed by atoms with Crippen LogP contribution in [0.15, 0.2) is 51.8 Å². The Morgan fingerprint density at radius 2 is 1.78 bits per heavy atom. The maximum absolute atomic E-state index is 13.7. The van der Waals surface area contributed by atoms with E-state index in [-0.39, 0.29) is 47.2 Å². The molecule has 0 radical (unpaired) electrons. The Hall–Kier alpha value is -3.52. The first-order valence-electron chi connectivity index (χ1n) is 11.0. The van der Waals surface area contributed by atoms with Crippen LogP contribution < -0.4 is 4.31 Å². The fraction of sp³-hybridized carbons (Fsp3) is 0.348. The van der Waals surface area contributed by atoms with Crippen molar-refractivity contribution in [2.45, 2.75) is 55.3 Å². The number of carboxylic acids is 1. The second kappa shape index (κ2) is 9.41. The lowest BCUT2D eigenvalue weighted by molar-refractivity contribution is -0.258. The van der Waals surface area contributed by atoms with Crippen molar-refractivity contribution in [1.29, 1.82) is 0 Å². The highest BCUT2D eigenvalue weighted by Gasteiger charge is 2.51. The largest absolute Gasteiger partial charge is 0.481 e. The van der Waals surface area contributed by atoms with E-state index >= 15 is 0 Å². The minimum absolute atomic E-state index is 0.0272. The standard InChI is InChI=1S/C23H21F4N3O6S/c1-22(33,23(25,26)27)14-3-9-18-13(10-14)2-6-16(11-19-28-29-20(36-19)12-21(31)32)30(18)37(34,35)17-7-4-15(24)5-8-17/h3-5,7-10,16,33H,2,6,11-12H2,1H3,(H,31,32)/t16-,22?/m0/s1. The number of carbonyl (C=O) groups is 1. The number of carboxylic acid groups (broad SMARTS) is 1. The van der Waals surface area contributed by atoms with Gasteiger partial charge in [0.15, 0.2) is 5.60 Å². The average molecular weight is 543 g/mol. The zero-order valence-electron chi connectivity index (χ0n) is 19.2. The minimum atomic E-state index is -4.97. The summed E-state index contributed by atoms with van der Waals surface area (Å²) in [6.45, 7) is 0.609. The summed E-state index contributed by atoms with van der Waals surface area (Å²) in [5.41, 5.74) is -3.29. The summed E-state index contributed by atoms with van der Waals surface area (Å²) in [6.07, 6.45) is -5.33. The first kappa shape index (κ1) is 26.5. The molecule has 1 aliphatic rings. The number of aliphatic hydroxyl groups is 1. The van der Waals surface area contributed by atoms with Gasteiger partial charge in [-0.15, -0.1) is 10.2 Å². The van der Waals surface area contributed by atoms with Crippen LogP contribution in [0, 0.1) is 5.82 Å². The quantitative estimate of drug-likeness (QED) is 0.434. The van der Waals surface area contributed by atoms with E-state index < -0.39 is 51.6 Å². The Bertz CT molecular complexity index is 1420. The number of hydrogen-bond acceptors (Lipinski definition) is 7. The molecule has 1 aromatic heterocycles. The van der Waals surface area contributed by atoms with Crippen LogP contribution in [0.3, 0.4) is 0 Å². The highest BCUT2D eigenvalue weighted by molar-refractivity contribution is 7.92. The normalized spacial score (nSPS) is 17.8. The Morgan fingerprint density at radius 3 is 2.41 bits per heavy atom. The third kappa shape index (κ3) is 5.16. The molecule has 0 fully saturated rings. The molecular formula is C23H21F4N3O6S. The molecule has 0 aliphatic carbocycles. The van der Waals surface area contributed by atoms with Gasteiger partial charge in [0.2, 0.25) is 11.8 Å². The molecule has 0 saturated heterocycles. The fourth-order valence-corrected chi connectivity index (χ4v) is 5.82.